The molecule has 2 aromatic rings. The second-order valence-electron chi connectivity index (χ2n) is 7.02. The van der Waals surface area contributed by atoms with Gasteiger partial charge in [0, 0.05) is 12.1 Å². The van der Waals surface area contributed by atoms with Crippen molar-refractivity contribution in [1.82, 2.24) is 10.2 Å². The Morgan fingerprint density at radius 3 is 2.50 bits per heavy atom. The molecule has 156 valence electrons. The van der Waals surface area contributed by atoms with E-state index in [0.29, 0.717) is 12.1 Å². The van der Waals surface area contributed by atoms with E-state index in [1.165, 1.54) is 29.2 Å². The predicted molar refractivity (Wildman–Crippen MR) is 108 cm³/mol. The summed E-state index contributed by atoms with van der Waals surface area (Å²) in [5.41, 5.74) is 1.52. The molecule has 1 aliphatic rings. The van der Waals surface area contributed by atoms with Gasteiger partial charge in [0.05, 0.1) is 12.6 Å². The number of nitrogens with one attached hydrogen (secondary N) is 1. The van der Waals surface area contributed by atoms with Crippen LogP contribution < -0.4 is 5.32 Å². The van der Waals surface area contributed by atoms with Crippen molar-refractivity contribution in [3.05, 3.63) is 71.5 Å². The minimum Gasteiger partial charge on any atom is -0.380 e. The Morgan fingerprint density at radius 2 is 1.80 bits per heavy atom. The summed E-state index contributed by atoms with van der Waals surface area (Å²) in [6.07, 6.45) is -2.23. The number of rotatable bonds is 5. The first kappa shape index (κ1) is 21.5. The van der Waals surface area contributed by atoms with E-state index in [1.807, 2.05) is 30.3 Å². The van der Waals surface area contributed by atoms with Crippen LogP contribution >= 0.6 is 0 Å². The molecule has 0 aliphatic carbocycles. The highest BCUT2D eigenvalue weighted by atomic mass is 19.1. The lowest BCUT2D eigenvalue weighted by Crippen LogP contribution is -2.50. The molecule has 7 heteroatoms. The van der Waals surface area contributed by atoms with E-state index in [0.717, 1.165) is 18.4 Å². The fourth-order valence-corrected chi connectivity index (χ4v) is 3.42. The Morgan fingerprint density at radius 1 is 1.10 bits per heavy atom. The van der Waals surface area contributed by atoms with Gasteiger partial charge in [-0.3, -0.25) is 9.59 Å². The van der Waals surface area contributed by atoms with Crippen molar-refractivity contribution in [1.29, 1.82) is 0 Å². The maximum absolute atomic E-state index is 12.9. The van der Waals surface area contributed by atoms with Crippen LogP contribution in [-0.4, -0.2) is 52.2 Å². The maximum atomic E-state index is 12.9. The number of amides is 2. The number of carbonyl (C=O) groups is 2. The van der Waals surface area contributed by atoms with Crippen molar-refractivity contribution in [3.63, 3.8) is 0 Å². The number of carbonyl (C=O) groups excluding carboxylic acids is 2. The number of hydrogen-bond donors (Lipinski definition) is 3. The first-order valence-corrected chi connectivity index (χ1v) is 9.71. The van der Waals surface area contributed by atoms with Crippen molar-refractivity contribution in [2.75, 3.05) is 13.1 Å². The van der Waals surface area contributed by atoms with Gasteiger partial charge in [-0.2, -0.15) is 0 Å². The highest BCUT2D eigenvalue weighted by Crippen LogP contribution is 2.32. The van der Waals surface area contributed by atoms with Crippen molar-refractivity contribution in [2.45, 2.75) is 31.1 Å². The van der Waals surface area contributed by atoms with Gasteiger partial charge in [-0.15, -0.1) is 0 Å². The summed E-state index contributed by atoms with van der Waals surface area (Å²) < 4.78 is 12.9. The van der Waals surface area contributed by atoms with Crippen LogP contribution in [0.3, 0.4) is 0 Å². The number of likely N-dealkylation sites (tertiary alicyclic amines) is 1. The van der Waals surface area contributed by atoms with Gasteiger partial charge in [-0.25, -0.2) is 4.39 Å². The van der Waals surface area contributed by atoms with Crippen molar-refractivity contribution >= 4 is 11.8 Å². The van der Waals surface area contributed by atoms with Crippen LogP contribution in [0.4, 0.5) is 4.39 Å². The highest BCUT2D eigenvalue weighted by Gasteiger charge is 2.38. The van der Waals surface area contributed by atoms with Crippen molar-refractivity contribution in [2.24, 2.45) is 0 Å². The molecule has 1 heterocycles. The lowest BCUT2D eigenvalue weighted by atomic mass is 10.0. The van der Waals surface area contributed by atoms with Gasteiger partial charge in [0.2, 0.25) is 0 Å². The number of aliphatic hydroxyl groups excluding tert-OH is 2. The molecule has 2 unspecified atom stereocenters. The lowest BCUT2D eigenvalue weighted by Gasteiger charge is -2.28. The Kier molecular flexibility index (Phi) is 7.17. The first-order chi connectivity index (χ1) is 14.5. The van der Waals surface area contributed by atoms with Crippen LogP contribution in [0.2, 0.25) is 0 Å². The number of aliphatic hydroxyl groups is 2. The maximum Gasteiger partial charge on any atom is 0.255 e. The summed E-state index contributed by atoms with van der Waals surface area (Å²) >= 11 is 0. The van der Waals surface area contributed by atoms with Crippen LogP contribution in [0.5, 0.6) is 0 Å². The first-order valence-electron chi connectivity index (χ1n) is 9.71. The molecular formula is C23H23FN2O4. The molecule has 30 heavy (non-hydrogen) atoms. The van der Waals surface area contributed by atoms with Gasteiger partial charge in [0.15, 0.2) is 12.2 Å². The Labute approximate surface area is 174 Å². The van der Waals surface area contributed by atoms with E-state index >= 15 is 0 Å². The molecule has 0 aromatic heterocycles. The van der Waals surface area contributed by atoms with Gasteiger partial charge in [0.1, 0.15) is 5.82 Å². The summed E-state index contributed by atoms with van der Waals surface area (Å²) in [4.78, 5) is 26.3. The van der Waals surface area contributed by atoms with Crippen LogP contribution in [-0.2, 0) is 9.59 Å². The molecule has 0 bridgehead atoms. The molecule has 2 amide bonds. The fourth-order valence-electron chi connectivity index (χ4n) is 3.42. The van der Waals surface area contributed by atoms with Gasteiger partial charge in [-0.1, -0.05) is 42.2 Å². The predicted octanol–water partition coefficient (Wildman–Crippen LogP) is 1.38. The zero-order valence-corrected chi connectivity index (χ0v) is 16.3. The third kappa shape index (κ3) is 5.23. The van der Waals surface area contributed by atoms with Crippen molar-refractivity contribution < 1.29 is 24.2 Å². The molecule has 3 N–H and O–H groups in total. The number of hydrogen-bond acceptors (Lipinski definition) is 4. The molecule has 6 nitrogen and oxygen atoms in total. The molecule has 2 aromatic carbocycles. The summed E-state index contributed by atoms with van der Waals surface area (Å²) in [5, 5.41) is 22.8. The number of nitrogens with zero attached hydrogens (tertiary/aromatic N) is 1. The highest BCUT2D eigenvalue weighted by molar-refractivity contribution is 5.91. The van der Waals surface area contributed by atoms with E-state index in [-0.39, 0.29) is 18.4 Å². The second-order valence-corrected chi connectivity index (χ2v) is 7.02. The normalized spacial score (nSPS) is 17.6. The fraction of sp³-hybridized carbons (Fsp3) is 0.304. The van der Waals surface area contributed by atoms with E-state index in [9.17, 15) is 24.2 Å². The average Bonchev–Trinajstić information content (AvgIpc) is 3.26. The van der Waals surface area contributed by atoms with Gasteiger partial charge in [0.25, 0.3) is 11.8 Å². The standard InChI is InChI=1S/C23H23FN2O4/c24-18-12-10-16(11-13-18)6-4-14-25-22(29)20(27)21(28)23(30)26-15-5-9-19(26)17-7-2-1-3-8-17/h1-3,7-8,10-13,19-21,27-28H,5,9,14-15H2,(H,25,29)/t19?,20-,21?/m1/s1. The molecule has 0 spiro atoms. The number of benzene rings is 2. The van der Waals surface area contributed by atoms with E-state index in [2.05, 4.69) is 17.2 Å². The quantitative estimate of drug-likeness (QED) is 0.650. The molecule has 3 atom stereocenters. The third-order valence-corrected chi connectivity index (χ3v) is 4.97. The Bertz CT molecular complexity index is 937. The molecule has 1 saturated heterocycles. The van der Waals surface area contributed by atoms with Crippen LogP contribution in [0.15, 0.2) is 54.6 Å². The minimum absolute atomic E-state index is 0.0927. The van der Waals surface area contributed by atoms with Crippen LogP contribution in [0.1, 0.15) is 30.0 Å². The zero-order valence-electron chi connectivity index (χ0n) is 16.3. The Hall–Kier alpha value is -3.21. The molecule has 0 saturated carbocycles. The number of halogens is 1. The monoisotopic (exact) mass is 410 g/mol. The van der Waals surface area contributed by atoms with Crippen molar-refractivity contribution in [3.8, 4) is 11.8 Å². The topological polar surface area (TPSA) is 89.9 Å². The van der Waals surface area contributed by atoms with Crippen LogP contribution in [0, 0.1) is 17.7 Å². The molecule has 0 radical (unpaired) electrons. The summed E-state index contributed by atoms with van der Waals surface area (Å²) in [6.45, 7) is 0.359. The third-order valence-electron chi connectivity index (χ3n) is 4.97. The van der Waals surface area contributed by atoms with E-state index < -0.39 is 24.0 Å². The SMILES string of the molecule is O=C(NCC#Cc1ccc(F)cc1)[C@H](O)C(O)C(=O)N1CCCC1c1ccccc1. The van der Waals surface area contributed by atoms with Crippen LogP contribution in [0.25, 0.3) is 0 Å². The minimum atomic E-state index is -1.90. The van der Waals surface area contributed by atoms with Gasteiger partial charge < -0.3 is 20.4 Å². The smallest absolute Gasteiger partial charge is 0.255 e. The molecule has 1 aliphatic heterocycles. The Balaban J connectivity index is 1.55. The average molecular weight is 410 g/mol. The summed E-state index contributed by atoms with van der Waals surface area (Å²) in [6, 6.07) is 14.8. The summed E-state index contributed by atoms with van der Waals surface area (Å²) in [7, 11) is 0. The molecule has 1 fully saturated rings. The molecular weight excluding hydrogens is 387 g/mol. The van der Waals surface area contributed by atoms with Gasteiger partial charge in [-0.05, 0) is 42.7 Å². The van der Waals surface area contributed by atoms with E-state index in [4.69, 9.17) is 0 Å². The second kappa shape index (κ2) is 10.0. The lowest BCUT2D eigenvalue weighted by molar-refractivity contribution is -0.153. The summed E-state index contributed by atoms with van der Waals surface area (Å²) in [5.74, 6) is 3.46. The molecule has 3 rings (SSSR count). The zero-order chi connectivity index (χ0) is 21.5. The van der Waals surface area contributed by atoms with E-state index in [1.54, 1.807) is 0 Å². The largest absolute Gasteiger partial charge is 0.380 e. The van der Waals surface area contributed by atoms with Gasteiger partial charge >= 0.3 is 0 Å².